The van der Waals surface area contributed by atoms with Crippen LogP contribution in [0.2, 0.25) is 0 Å². The molecule has 230 valence electrons. The molecule has 0 aromatic heterocycles. The third kappa shape index (κ3) is 8.48. The van der Waals surface area contributed by atoms with Gasteiger partial charge >= 0.3 is 0 Å². The summed E-state index contributed by atoms with van der Waals surface area (Å²) in [6.07, 6.45) is 0.242. The Labute approximate surface area is 260 Å². The average molecular weight is 614 g/mol. The maximum absolute atomic E-state index is 14.5. The molecule has 9 heteroatoms. The van der Waals surface area contributed by atoms with Crippen LogP contribution in [0.1, 0.15) is 31.9 Å². The first-order valence-electron chi connectivity index (χ1n) is 14.4. The highest BCUT2D eigenvalue weighted by Crippen LogP contribution is 2.28. The molecule has 4 rings (SSSR count). The first-order valence-corrected chi connectivity index (χ1v) is 15.8. The lowest BCUT2D eigenvalue weighted by Crippen LogP contribution is -2.56. The summed E-state index contributed by atoms with van der Waals surface area (Å²) < 4.78 is 34.6. The van der Waals surface area contributed by atoms with Crippen molar-refractivity contribution in [2.75, 3.05) is 18.0 Å². The number of ether oxygens (including phenoxy) is 1. The summed E-state index contributed by atoms with van der Waals surface area (Å²) in [7, 11) is -2.69. The molecule has 0 unspecified atom stereocenters. The largest absolute Gasteiger partial charge is 0.497 e. The topological polar surface area (TPSA) is 96.0 Å². The Balaban J connectivity index is 1.81. The average Bonchev–Trinajstić information content (AvgIpc) is 3.02. The second-order valence-corrected chi connectivity index (χ2v) is 13.3. The molecule has 0 saturated carbocycles. The Morgan fingerprint density at radius 2 is 1.36 bits per heavy atom. The minimum Gasteiger partial charge on any atom is -0.497 e. The van der Waals surface area contributed by atoms with Gasteiger partial charge < -0.3 is 15.0 Å². The third-order valence-corrected chi connectivity index (χ3v) is 8.70. The molecule has 4 aromatic rings. The van der Waals surface area contributed by atoms with E-state index in [4.69, 9.17) is 4.74 Å². The molecule has 4 aromatic carbocycles. The number of carbonyl (C=O) groups excluding carboxylic acids is 2. The van der Waals surface area contributed by atoms with E-state index >= 15 is 0 Å². The van der Waals surface area contributed by atoms with Crippen LogP contribution in [0, 0.1) is 0 Å². The quantitative estimate of drug-likeness (QED) is 0.230. The zero-order valence-corrected chi connectivity index (χ0v) is 26.3. The van der Waals surface area contributed by atoms with Crippen LogP contribution in [0.4, 0.5) is 5.69 Å². The lowest BCUT2D eigenvalue weighted by Gasteiger charge is -2.35. The first-order chi connectivity index (χ1) is 21.0. The number of methoxy groups -OCH3 is 1. The van der Waals surface area contributed by atoms with Gasteiger partial charge in [0.25, 0.3) is 10.0 Å². The smallest absolute Gasteiger partial charge is 0.264 e. The molecular weight excluding hydrogens is 574 g/mol. The van der Waals surface area contributed by atoms with Gasteiger partial charge in [0.2, 0.25) is 11.8 Å². The fraction of sp³-hybridized carbons (Fsp3) is 0.257. The number of carbonyl (C=O) groups is 2. The van der Waals surface area contributed by atoms with Crippen LogP contribution >= 0.6 is 0 Å². The van der Waals surface area contributed by atoms with E-state index in [1.165, 1.54) is 24.1 Å². The van der Waals surface area contributed by atoms with E-state index in [0.29, 0.717) is 5.75 Å². The molecule has 0 bridgehead atoms. The Bertz CT molecular complexity index is 1640. The lowest BCUT2D eigenvalue weighted by atomic mass is 10.0. The van der Waals surface area contributed by atoms with Crippen LogP contribution in [0.25, 0.3) is 0 Å². The van der Waals surface area contributed by atoms with Crippen molar-refractivity contribution in [1.29, 1.82) is 0 Å². The molecule has 1 atom stereocenters. The summed E-state index contributed by atoms with van der Waals surface area (Å²) in [5.74, 6) is -0.415. The van der Waals surface area contributed by atoms with Crippen LogP contribution in [-0.2, 0) is 32.6 Å². The number of nitrogens with one attached hydrogen (secondary N) is 1. The van der Waals surface area contributed by atoms with Gasteiger partial charge in [0.1, 0.15) is 18.3 Å². The normalized spacial score (nSPS) is 12.2. The number of anilines is 1. The van der Waals surface area contributed by atoms with Gasteiger partial charge in [-0.2, -0.15) is 0 Å². The molecule has 0 aliphatic heterocycles. The van der Waals surface area contributed by atoms with Crippen LogP contribution in [0.15, 0.2) is 120 Å². The molecule has 0 heterocycles. The van der Waals surface area contributed by atoms with E-state index in [2.05, 4.69) is 5.32 Å². The maximum Gasteiger partial charge on any atom is 0.264 e. The van der Waals surface area contributed by atoms with Crippen molar-refractivity contribution in [2.24, 2.45) is 0 Å². The number of nitrogens with zero attached hydrogens (tertiary/aromatic N) is 2. The van der Waals surface area contributed by atoms with E-state index in [9.17, 15) is 18.0 Å². The Kier molecular flexibility index (Phi) is 10.4. The Hall–Kier alpha value is -4.63. The number of benzene rings is 4. The van der Waals surface area contributed by atoms with Crippen molar-refractivity contribution >= 4 is 27.5 Å². The van der Waals surface area contributed by atoms with Crippen LogP contribution in [0.3, 0.4) is 0 Å². The highest BCUT2D eigenvalue weighted by atomic mass is 32.2. The van der Waals surface area contributed by atoms with Gasteiger partial charge in [-0.25, -0.2) is 8.42 Å². The van der Waals surface area contributed by atoms with Crippen LogP contribution in [-0.4, -0.2) is 50.4 Å². The molecule has 0 saturated heterocycles. The maximum atomic E-state index is 14.5. The van der Waals surface area contributed by atoms with Crippen LogP contribution < -0.4 is 14.4 Å². The van der Waals surface area contributed by atoms with Crippen molar-refractivity contribution in [3.8, 4) is 5.75 Å². The molecule has 0 spiro atoms. The summed E-state index contributed by atoms with van der Waals surface area (Å²) in [4.78, 5) is 29.9. The predicted molar refractivity (Wildman–Crippen MR) is 173 cm³/mol. The molecule has 0 aliphatic rings. The highest BCUT2D eigenvalue weighted by molar-refractivity contribution is 7.92. The molecule has 0 fully saturated rings. The van der Waals surface area contributed by atoms with Gasteiger partial charge in [0, 0.05) is 24.6 Å². The van der Waals surface area contributed by atoms with E-state index in [1.54, 1.807) is 42.5 Å². The number of rotatable bonds is 12. The minimum atomic E-state index is -4.18. The fourth-order valence-electron chi connectivity index (χ4n) is 4.80. The Morgan fingerprint density at radius 1 is 0.795 bits per heavy atom. The van der Waals surface area contributed by atoms with Crippen molar-refractivity contribution in [2.45, 2.75) is 50.2 Å². The summed E-state index contributed by atoms with van der Waals surface area (Å²) in [5, 5.41) is 3.04. The number of sulfonamides is 1. The summed E-state index contributed by atoms with van der Waals surface area (Å²) >= 11 is 0. The first kappa shape index (κ1) is 32.3. The van der Waals surface area contributed by atoms with Gasteiger partial charge in [-0.15, -0.1) is 0 Å². The van der Waals surface area contributed by atoms with E-state index in [-0.39, 0.29) is 29.5 Å². The van der Waals surface area contributed by atoms with Crippen LogP contribution in [0.5, 0.6) is 5.75 Å². The standard InChI is InChI=1S/C35H39N3O5S/c1-35(2,3)36-34(40)32(23-27-15-8-5-9-16-27)37(25-28-17-10-6-11-18-28)33(39)26-38(29-19-14-20-30(24-29)43-4)44(41,42)31-21-12-7-13-22-31/h5-22,24,32H,23,25-26H2,1-4H3,(H,36,40)/t32-/m0/s1. The van der Waals surface area contributed by atoms with Gasteiger partial charge in [0.15, 0.2) is 0 Å². The second-order valence-electron chi connectivity index (χ2n) is 11.5. The zero-order valence-electron chi connectivity index (χ0n) is 25.5. The molecule has 0 radical (unpaired) electrons. The zero-order chi connectivity index (χ0) is 31.7. The van der Waals surface area contributed by atoms with Crippen molar-refractivity contribution in [3.63, 3.8) is 0 Å². The number of hydrogen-bond acceptors (Lipinski definition) is 5. The van der Waals surface area contributed by atoms with Gasteiger partial charge in [-0.3, -0.25) is 13.9 Å². The number of hydrogen-bond donors (Lipinski definition) is 1. The Morgan fingerprint density at radius 3 is 1.93 bits per heavy atom. The SMILES string of the molecule is COc1cccc(N(CC(=O)N(Cc2ccccc2)[C@@H](Cc2ccccc2)C(=O)NC(C)(C)C)S(=O)(=O)c2ccccc2)c1. The monoisotopic (exact) mass is 613 g/mol. The summed E-state index contributed by atoms with van der Waals surface area (Å²) in [6, 6.07) is 32.4. The minimum absolute atomic E-state index is 0.0385. The van der Waals surface area contributed by atoms with Crippen molar-refractivity contribution in [3.05, 3.63) is 126 Å². The third-order valence-electron chi connectivity index (χ3n) is 6.92. The summed E-state index contributed by atoms with van der Waals surface area (Å²) in [6.45, 7) is 5.21. The van der Waals surface area contributed by atoms with Crippen molar-refractivity contribution in [1.82, 2.24) is 10.2 Å². The molecule has 1 N–H and O–H groups in total. The molecular formula is C35H39N3O5S. The van der Waals surface area contributed by atoms with Gasteiger partial charge in [-0.05, 0) is 56.2 Å². The van der Waals surface area contributed by atoms with Gasteiger partial charge in [0.05, 0.1) is 17.7 Å². The highest BCUT2D eigenvalue weighted by Gasteiger charge is 2.35. The number of amides is 2. The lowest BCUT2D eigenvalue weighted by molar-refractivity contribution is -0.140. The molecule has 8 nitrogen and oxygen atoms in total. The van der Waals surface area contributed by atoms with E-state index in [0.717, 1.165) is 15.4 Å². The second kappa shape index (κ2) is 14.2. The molecule has 0 aliphatic carbocycles. The predicted octanol–water partition coefficient (Wildman–Crippen LogP) is 5.45. The molecule has 44 heavy (non-hydrogen) atoms. The van der Waals surface area contributed by atoms with E-state index in [1.807, 2.05) is 81.4 Å². The molecule has 2 amide bonds. The van der Waals surface area contributed by atoms with Crippen molar-refractivity contribution < 1.29 is 22.7 Å². The fourth-order valence-corrected chi connectivity index (χ4v) is 6.23. The summed E-state index contributed by atoms with van der Waals surface area (Å²) in [5.41, 5.74) is 1.38. The van der Waals surface area contributed by atoms with E-state index < -0.39 is 34.1 Å². The van der Waals surface area contributed by atoms with Gasteiger partial charge in [-0.1, -0.05) is 84.9 Å².